The second-order valence-electron chi connectivity index (χ2n) is 4.77. The molecule has 0 bridgehead atoms. The van der Waals surface area contributed by atoms with Crippen molar-refractivity contribution in [3.63, 3.8) is 0 Å². The molecule has 0 aliphatic carbocycles. The van der Waals surface area contributed by atoms with E-state index >= 15 is 0 Å². The van der Waals surface area contributed by atoms with Gasteiger partial charge in [-0.2, -0.15) is 0 Å². The van der Waals surface area contributed by atoms with Crippen molar-refractivity contribution in [2.75, 3.05) is 10.0 Å². The summed E-state index contributed by atoms with van der Waals surface area (Å²) in [4.78, 5) is 20.8. The summed E-state index contributed by atoms with van der Waals surface area (Å²) in [6, 6.07) is 8.28. The molecule has 0 spiro atoms. The van der Waals surface area contributed by atoms with Crippen molar-refractivity contribution >= 4 is 33.0 Å². The second-order valence-corrected chi connectivity index (χ2v) is 6.45. The van der Waals surface area contributed by atoms with E-state index in [1.54, 1.807) is 0 Å². The Morgan fingerprint density at radius 3 is 2.33 bits per heavy atom. The van der Waals surface area contributed by atoms with Gasteiger partial charge in [-0.25, -0.2) is 8.42 Å². The molecule has 0 fully saturated rings. The highest BCUT2D eigenvalue weighted by atomic mass is 32.2. The maximum Gasteiger partial charge on any atom is 0.271 e. The standard InChI is InChI=1S/C14H13N3O6S/c1-9(18)15-10-2-5-12(6-3-10)24(22,23)16-13-8-11(17(20)21)4-7-14(13)19/h2-8,16,19H,1H3,(H,15,18). The lowest BCUT2D eigenvalue weighted by Gasteiger charge is -2.10. The average molecular weight is 351 g/mol. The van der Waals surface area contributed by atoms with E-state index in [9.17, 15) is 28.4 Å². The lowest BCUT2D eigenvalue weighted by Crippen LogP contribution is -2.13. The van der Waals surface area contributed by atoms with Crippen LogP contribution in [0.3, 0.4) is 0 Å². The summed E-state index contributed by atoms with van der Waals surface area (Å²) in [6.07, 6.45) is 0. The minimum Gasteiger partial charge on any atom is -0.506 e. The molecule has 0 aliphatic heterocycles. The minimum atomic E-state index is -4.07. The largest absolute Gasteiger partial charge is 0.506 e. The number of anilines is 2. The van der Waals surface area contributed by atoms with Gasteiger partial charge in [-0.15, -0.1) is 0 Å². The molecule has 2 rings (SSSR count). The molecule has 0 atom stereocenters. The molecule has 2 aromatic rings. The van der Waals surface area contributed by atoms with Crippen molar-refractivity contribution in [1.29, 1.82) is 0 Å². The molecule has 0 saturated heterocycles. The van der Waals surface area contributed by atoms with Crippen LogP contribution in [0.5, 0.6) is 5.75 Å². The van der Waals surface area contributed by atoms with Crippen LogP contribution in [-0.4, -0.2) is 24.4 Å². The normalized spacial score (nSPS) is 10.9. The number of carbonyl (C=O) groups excluding carboxylic acids is 1. The first-order valence-electron chi connectivity index (χ1n) is 6.57. The molecule has 0 unspecified atom stereocenters. The number of phenolic OH excluding ortho intramolecular Hbond substituents is 1. The van der Waals surface area contributed by atoms with E-state index < -0.39 is 20.7 Å². The lowest BCUT2D eigenvalue weighted by molar-refractivity contribution is -0.384. The fourth-order valence-corrected chi connectivity index (χ4v) is 2.91. The van der Waals surface area contributed by atoms with Crippen LogP contribution in [0.4, 0.5) is 17.1 Å². The summed E-state index contributed by atoms with van der Waals surface area (Å²) in [5.41, 5.74) is -0.263. The zero-order chi connectivity index (χ0) is 17.9. The van der Waals surface area contributed by atoms with Gasteiger partial charge in [0.25, 0.3) is 15.7 Å². The fourth-order valence-electron chi connectivity index (χ4n) is 1.84. The Balaban J connectivity index is 2.30. The van der Waals surface area contributed by atoms with Crippen LogP contribution < -0.4 is 10.0 Å². The minimum absolute atomic E-state index is 0.137. The maximum absolute atomic E-state index is 12.3. The van der Waals surface area contributed by atoms with Crippen LogP contribution in [-0.2, 0) is 14.8 Å². The number of carbonyl (C=O) groups is 1. The van der Waals surface area contributed by atoms with E-state index in [4.69, 9.17) is 0 Å². The number of nitrogens with zero attached hydrogens (tertiary/aromatic N) is 1. The summed E-state index contributed by atoms with van der Waals surface area (Å²) in [6.45, 7) is 1.32. The molecular formula is C14H13N3O6S. The van der Waals surface area contributed by atoms with Crippen molar-refractivity contribution in [3.05, 3.63) is 52.6 Å². The number of benzene rings is 2. The number of phenols is 1. The third kappa shape index (κ3) is 3.98. The average Bonchev–Trinajstić information content (AvgIpc) is 2.49. The van der Waals surface area contributed by atoms with Crippen molar-refractivity contribution in [3.8, 4) is 5.75 Å². The van der Waals surface area contributed by atoms with Gasteiger partial charge in [0.1, 0.15) is 5.75 Å². The zero-order valence-corrected chi connectivity index (χ0v) is 13.2. The monoisotopic (exact) mass is 351 g/mol. The van der Waals surface area contributed by atoms with E-state index in [1.165, 1.54) is 31.2 Å². The van der Waals surface area contributed by atoms with Crippen LogP contribution in [0, 0.1) is 10.1 Å². The molecular weight excluding hydrogens is 338 g/mol. The van der Waals surface area contributed by atoms with E-state index in [0.29, 0.717) is 5.69 Å². The molecule has 0 aliphatic rings. The molecule has 24 heavy (non-hydrogen) atoms. The number of nitrogens with one attached hydrogen (secondary N) is 2. The number of nitro benzene ring substituents is 1. The van der Waals surface area contributed by atoms with Gasteiger partial charge >= 0.3 is 0 Å². The molecule has 126 valence electrons. The molecule has 3 N–H and O–H groups in total. The number of hydrogen-bond acceptors (Lipinski definition) is 6. The maximum atomic E-state index is 12.3. The first-order valence-corrected chi connectivity index (χ1v) is 8.05. The van der Waals surface area contributed by atoms with Gasteiger partial charge in [0.15, 0.2) is 0 Å². The van der Waals surface area contributed by atoms with E-state index in [1.807, 2.05) is 0 Å². The van der Waals surface area contributed by atoms with Gasteiger partial charge < -0.3 is 10.4 Å². The summed E-state index contributed by atoms with van der Waals surface area (Å²) >= 11 is 0. The topological polar surface area (TPSA) is 139 Å². The first kappa shape index (κ1) is 17.2. The SMILES string of the molecule is CC(=O)Nc1ccc(S(=O)(=O)Nc2cc([N+](=O)[O-])ccc2O)cc1. The number of aromatic hydroxyl groups is 1. The Bertz CT molecular complexity index is 893. The molecule has 2 aromatic carbocycles. The van der Waals surface area contributed by atoms with Gasteiger partial charge in [-0.1, -0.05) is 0 Å². The Labute approximate surface area is 137 Å². The number of hydrogen-bond donors (Lipinski definition) is 3. The summed E-state index contributed by atoms with van der Waals surface area (Å²) < 4.78 is 26.7. The second kappa shape index (κ2) is 6.54. The quantitative estimate of drug-likeness (QED) is 0.428. The highest BCUT2D eigenvalue weighted by molar-refractivity contribution is 7.92. The molecule has 0 radical (unpaired) electrons. The third-order valence-electron chi connectivity index (χ3n) is 2.92. The Hall–Kier alpha value is -3.14. The van der Waals surface area contributed by atoms with Crippen LogP contribution in [0.15, 0.2) is 47.4 Å². The van der Waals surface area contributed by atoms with Crippen molar-refractivity contribution < 1.29 is 23.2 Å². The van der Waals surface area contributed by atoms with Gasteiger partial charge in [0, 0.05) is 24.7 Å². The van der Waals surface area contributed by atoms with Crippen LogP contribution in [0.25, 0.3) is 0 Å². The zero-order valence-electron chi connectivity index (χ0n) is 12.4. The Morgan fingerprint density at radius 2 is 1.79 bits per heavy atom. The van der Waals surface area contributed by atoms with Gasteiger partial charge in [-0.3, -0.25) is 19.6 Å². The molecule has 0 heterocycles. The number of amides is 1. The number of non-ortho nitro benzene ring substituents is 1. The van der Waals surface area contributed by atoms with Crippen molar-refractivity contribution in [2.24, 2.45) is 0 Å². The van der Waals surface area contributed by atoms with Crippen LogP contribution >= 0.6 is 0 Å². The highest BCUT2D eigenvalue weighted by Gasteiger charge is 2.18. The number of rotatable bonds is 5. The number of nitro groups is 1. The molecule has 0 saturated carbocycles. The van der Waals surface area contributed by atoms with Gasteiger partial charge in [0.2, 0.25) is 5.91 Å². The van der Waals surface area contributed by atoms with Gasteiger partial charge in [-0.05, 0) is 30.3 Å². The third-order valence-corrected chi connectivity index (χ3v) is 4.30. The Kier molecular flexibility index (Phi) is 4.69. The summed E-state index contributed by atoms with van der Waals surface area (Å²) in [5, 5.41) is 22.9. The smallest absolute Gasteiger partial charge is 0.271 e. The first-order chi connectivity index (χ1) is 11.2. The fraction of sp³-hybridized carbons (Fsp3) is 0.0714. The highest BCUT2D eigenvalue weighted by Crippen LogP contribution is 2.30. The van der Waals surface area contributed by atoms with Crippen LogP contribution in [0.2, 0.25) is 0 Å². The predicted octanol–water partition coefficient (Wildman–Crippen LogP) is 2.06. The number of sulfonamides is 1. The van der Waals surface area contributed by atoms with E-state index in [2.05, 4.69) is 10.0 Å². The van der Waals surface area contributed by atoms with E-state index in [-0.39, 0.29) is 22.2 Å². The Morgan fingerprint density at radius 1 is 1.17 bits per heavy atom. The van der Waals surface area contributed by atoms with Crippen molar-refractivity contribution in [2.45, 2.75) is 11.8 Å². The van der Waals surface area contributed by atoms with Crippen molar-refractivity contribution in [1.82, 2.24) is 0 Å². The molecule has 9 nitrogen and oxygen atoms in total. The predicted molar refractivity (Wildman–Crippen MR) is 86.3 cm³/mol. The van der Waals surface area contributed by atoms with E-state index in [0.717, 1.165) is 18.2 Å². The molecule has 1 amide bonds. The van der Waals surface area contributed by atoms with Crippen LogP contribution in [0.1, 0.15) is 6.92 Å². The summed E-state index contributed by atoms with van der Waals surface area (Å²) in [5.74, 6) is -0.746. The summed E-state index contributed by atoms with van der Waals surface area (Å²) in [7, 11) is -4.07. The molecule has 10 heteroatoms. The molecule has 0 aromatic heterocycles. The van der Waals surface area contributed by atoms with Gasteiger partial charge in [0.05, 0.1) is 15.5 Å². The lowest BCUT2D eigenvalue weighted by atomic mass is 10.2.